The Morgan fingerprint density at radius 2 is 0.842 bits per heavy atom. The van der Waals surface area contributed by atoms with Crippen LogP contribution in [0.4, 0.5) is 11.4 Å². The maximum atomic E-state index is 13.3. The number of aliphatic hydroxyl groups is 2. The van der Waals surface area contributed by atoms with Crippen molar-refractivity contribution in [1.29, 1.82) is 0 Å². The molecule has 2 heterocycles. The summed E-state index contributed by atoms with van der Waals surface area (Å²) in [6, 6.07) is 13.1. The number of hydrogen-bond donors (Lipinski definition) is 2. The smallest absolute Gasteiger partial charge is 0.238 e. The van der Waals surface area contributed by atoms with E-state index >= 15 is 0 Å². The van der Waals surface area contributed by atoms with E-state index in [1.807, 2.05) is 0 Å². The molecule has 10 nitrogen and oxygen atoms in total. The first kappa shape index (κ1) is 25.9. The van der Waals surface area contributed by atoms with Crippen molar-refractivity contribution in [3.8, 4) is 11.5 Å². The lowest BCUT2D eigenvalue weighted by molar-refractivity contribution is -0.146. The minimum absolute atomic E-state index is 0.0998. The SMILES string of the molecule is O=C1C2C(C(=O)N1c1ccc(OCCCCO)cc1)C1C(=O)N(c3ccc(OCCCCO)cc3)C(=O)C21. The number of unbranched alkanes of at least 4 members (excludes halogenated alkanes) is 2. The molecular formula is C28H30N2O8. The predicted molar refractivity (Wildman–Crippen MR) is 135 cm³/mol. The molecule has 3 fully saturated rings. The molecule has 1 saturated carbocycles. The topological polar surface area (TPSA) is 134 Å². The second kappa shape index (κ2) is 10.9. The average Bonchev–Trinajstić information content (AvgIpc) is 3.23. The molecule has 5 rings (SSSR count). The molecule has 10 heteroatoms. The summed E-state index contributed by atoms with van der Waals surface area (Å²) in [6.07, 6.45) is 2.69. The van der Waals surface area contributed by atoms with Crippen LogP contribution in [-0.2, 0) is 19.2 Å². The van der Waals surface area contributed by atoms with Crippen molar-refractivity contribution in [3.63, 3.8) is 0 Å². The minimum Gasteiger partial charge on any atom is -0.494 e. The van der Waals surface area contributed by atoms with Crippen LogP contribution < -0.4 is 19.3 Å². The fraction of sp³-hybridized carbons (Fsp3) is 0.429. The molecule has 2 aromatic carbocycles. The molecule has 200 valence electrons. The molecule has 4 amide bonds. The monoisotopic (exact) mass is 522 g/mol. The number of rotatable bonds is 12. The number of carbonyl (C=O) groups excluding carboxylic acids is 4. The summed E-state index contributed by atoms with van der Waals surface area (Å²) in [4.78, 5) is 55.2. The van der Waals surface area contributed by atoms with Gasteiger partial charge in [0.25, 0.3) is 0 Å². The van der Waals surface area contributed by atoms with Crippen molar-refractivity contribution in [2.45, 2.75) is 25.7 Å². The van der Waals surface area contributed by atoms with Crippen molar-refractivity contribution >= 4 is 35.0 Å². The number of imide groups is 2. The van der Waals surface area contributed by atoms with Gasteiger partial charge in [-0.3, -0.25) is 29.0 Å². The number of nitrogens with zero attached hydrogens (tertiary/aromatic N) is 2. The standard InChI is InChI=1S/C28H30N2O8/c31-13-1-3-15-37-19-9-5-17(6-10-19)29-25(33)21-22(26(29)34)24-23(21)27(35)30(28(24)36)18-7-11-20(12-8-18)38-16-4-2-14-32/h5-12,21-24,31-32H,1-4,13-16H2. The van der Waals surface area contributed by atoms with Crippen molar-refractivity contribution < 1.29 is 38.9 Å². The Morgan fingerprint density at radius 3 is 1.13 bits per heavy atom. The maximum absolute atomic E-state index is 13.3. The molecule has 0 unspecified atom stereocenters. The van der Waals surface area contributed by atoms with Crippen LogP contribution in [0.2, 0.25) is 0 Å². The number of anilines is 2. The first-order chi connectivity index (χ1) is 18.5. The molecule has 2 saturated heterocycles. The number of ether oxygens (including phenoxy) is 2. The highest BCUT2D eigenvalue weighted by molar-refractivity contribution is 6.32. The van der Waals surface area contributed by atoms with Gasteiger partial charge in [0.2, 0.25) is 23.6 Å². The maximum Gasteiger partial charge on any atom is 0.238 e. The van der Waals surface area contributed by atoms with E-state index < -0.39 is 47.3 Å². The third-order valence-electron chi connectivity index (χ3n) is 7.40. The highest BCUT2D eigenvalue weighted by Gasteiger charge is 2.73. The Balaban J connectivity index is 1.26. The molecule has 2 aliphatic heterocycles. The van der Waals surface area contributed by atoms with Gasteiger partial charge >= 0.3 is 0 Å². The predicted octanol–water partition coefficient (Wildman–Crippen LogP) is 1.91. The van der Waals surface area contributed by atoms with Crippen LogP contribution in [0.3, 0.4) is 0 Å². The Hall–Kier alpha value is -3.76. The molecule has 2 N–H and O–H groups in total. The number of benzene rings is 2. The molecule has 1 aliphatic carbocycles. The van der Waals surface area contributed by atoms with Gasteiger partial charge in [0, 0.05) is 13.2 Å². The lowest BCUT2D eigenvalue weighted by Crippen LogP contribution is -2.50. The summed E-state index contributed by atoms with van der Waals surface area (Å²) in [5, 5.41) is 17.7. The molecule has 0 atom stereocenters. The van der Waals surface area contributed by atoms with Gasteiger partial charge in [-0.2, -0.15) is 0 Å². The van der Waals surface area contributed by atoms with Crippen LogP contribution in [0.5, 0.6) is 11.5 Å². The van der Waals surface area contributed by atoms with E-state index in [2.05, 4.69) is 0 Å². The van der Waals surface area contributed by atoms with Crippen molar-refractivity contribution in [2.75, 3.05) is 36.2 Å². The summed E-state index contributed by atoms with van der Waals surface area (Å²) >= 11 is 0. The fourth-order valence-electron chi connectivity index (χ4n) is 5.49. The highest BCUT2D eigenvalue weighted by atomic mass is 16.5. The summed E-state index contributed by atoms with van der Waals surface area (Å²) in [5.41, 5.74) is 0.753. The van der Waals surface area contributed by atoms with Gasteiger partial charge in [-0.25, -0.2) is 0 Å². The first-order valence-electron chi connectivity index (χ1n) is 12.9. The van der Waals surface area contributed by atoms with Crippen molar-refractivity contribution in [3.05, 3.63) is 48.5 Å². The largest absolute Gasteiger partial charge is 0.494 e. The number of hydrogen-bond acceptors (Lipinski definition) is 8. The molecular weight excluding hydrogens is 492 g/mol. The lowest BCUT2D eigenvalue weighted by atomic mass is 9.59. The minimum atomic E-state index is -0.850. The summed E-state index contributed by atoms with van der Waals surface area (Å²) < 4.78 is 11.2. The van der Waals surface area contributed by atoms with E-state index in [-0.39, 0.29) is 13.2 Å². The van der Waals surface area contributed by atoms with Crippen LogP contribution in [0.25, 0.3) is 0 Å². The van der Waals surface area contributed by atoms with E-state index in [9.17, 15) is 19.2 Å². The average molecular weight is 523 g/mol. The highest BCUT2D eigenvalue weighted by Crippen LogP contribution is 2.57. The summed E-state index contributed by atoms with van der Waals surface area (Å²) in [7, 11) is 0. The van der Waals surface area contributed by atoms with Crippen LogP contribution in [-0.4, -0.2) is 60.3 Å². The number of aliphatic hydroxyl groups excluding tert-OH is 2. The Morgan fingerprint density at radius 1 is 0.526 bits per heavy atom. The zero-order valence-electron chi connectivity index (χ0n) is 20.8. The molecule has 0 aromatic heterocycles. The molecule has 0 bridgehead atoms. The van der Waals surface area contributed by atoms with Gasteiger partial charge in [0.15, 0.2) is 0 Å². The lowest BCUT2D eigenvalue weighted by Gasteiger charge is -2.36. The van der Waals surface area contributed by atoms with Gasteiger partial charge in [-0.15, -0.1) is 0 Å². The van der Waals surface area contributed by atoms with E-state index in [0.29, 0.717) is 61.8 Å². The normalized spacial score (nSPS) is 23.9. The van der Waals surface area contributed by atoms with Gasteiger partial charge in [-0.05, 0) is 74.2 Å². The molecule has 2 aromatic rings. The van der Waals surface area contributed by atoms with Gasteiger partial charge in [-0.1, -0.05) is 0 Å². The third-order valence-corrected chi connectivity index (χ3v) is 7.40. The van der Waals surface area contributed by atoms with Crippen LogP contribution in [0.15, 0.2) is 48.5 Å². The van der Waals surface area contributed by atoms with Crippen LogP contribution in [0.1, 0.15) is 25.7 Å². The third kappa shape index (κ3) is 4.43. The number of carbonyl (C=O) groups is 4. The molecule has 3 aliphatic rings. The first-order valence-corrected chi connectivity index (χ1v) is 12.9. The van der Waals surface area contributed by atoms with Crippen LogP contribution in [0, 0.1) is 23.7 Å². The zero-order valence-corrected chi connectivity index (χ0v) is 20.8. The molecule has 0 spiro atoms. The van der Waals surface area contributed by atoms with Crippen molar-refractivity contribution in [2.24, 2.45) is 23.7 Å². The Kier molecular flexibility index (Phi) is 7.44. The van der Waals surface area contributed by atoms with Gasteiger partial charge in [0.05, 0.1) is 48.3 Å². The van der Waals surface area contributed by atoms with E-state index in [4.69, 9.17) is 19.7 Å². The van der Waals surface area contributed by atoms with E-state index in [1.165, 1.54) is 0 Å². The van der Waals surface area contributed by atoms with E-state index in [1.54, 1.807) is 48.5 Å². The summed E-state index contributed by atoms with van der Waals surface area (Å²) in [5.74, 6) is -4.11. The van der Waals surface area contributed by atoms with Crippen molar-refractivity contribution in [1.82, 2.24) is 0 Å². The summed E-state index contributed by atoms with van der Waals surface area (Å²) in [6.45, 7) is 1.08. The second-order valence-electron chi connectivity index (χ2n) is 9.67. The van der Waals surface area contributed by atoms with Gasteiger partial charge < -0.3 is 19.7 Å². The Labute approximate surface area is 219 Å². The number of amides is 4. The molecule has 0 radical (unpaired) electrons. The fourth-order valence-corrected chi connectivity index (χ4v) is 5.49. The van der Waals surface area contributed by atoms with Crippen LogP contribution >= 0.6 is 0 Å². The van der Waals surface area contributed by atoms with Gasteiger partial charge in [0.1, 0.15) is 11.5 Å². The van der Waals surface area contributed by atoms with E-state index in [0.717, 1.165) is 9.80 Å². The second-order valence-corrected chi connectivity index (χ2v) is 9.67. The Bertz CT molecular complexity index is 1070. The quantitative estimate of drug-likeness (QED) is 0.319. The number of fused-ring (bicyclic) bond motifs is 4. The molecule has 38 heavy (non-hydrogen) atoms. The zero-order chi connectivity index (χ0) is 26.8.